The van der Waals surface area contributed by atoms with Crippen molar-refractivity contribution in [2.75, 3.05) is 22.5 Å². The summed E-state index contributed by atoms with van der Waals surface area (Å²) < 4.78 is 35.1. The fourth-order valence-electron chi connectivity index (χ4n) is 2.84. The first kappa shape index (κ1) is 22.5. The van der Waals surface area contributed by atoms with Crippen LogP contribution in [0.3, 0.4) is 0 Å². The fourth-order valence-corrected chi connectivity index (χ4v) is 3.80. The number of anilines is 3. The number of benzene rings is 1. The number of carboxylic acid groups (broad SMARTS) is 1. The number of alkyl halides is 2. The van der Waals surface area contributed by atoms with E-state index in [1.807, 2.05) is 0 Å². The highest BCUT2D eigenvalue weighted by atomic mass is 35.5. The van der Waals surface area contributed by atoms with Crippen LogP contribution in [0.4, 0.5) is 26.0 Å². The monoisotopic (exact) mass is 497 g/mol. The van der Waals surface area contributed by atoms with E-state index in [0.717, 1.165) is 0 Å². The molecule has 0 atom stereocenters. The van der Waals surface area contributed by atoms with Gasteiger partial charge in [0.15, 0.2) is 11.5 Å². The van der Waals surface area contributed by atoms with E-state index in [4.69, 9.17) is 16.7 Å². The van der Waals surface area contributed by atoms with Gasteiger partial charge in [-0.1, -0.05) is 0 Å². The molecule has 0 saturated heterocycles. The summed E-state index contributed by atoms with van der Waals surface area (Å²) in [7, 11) is 0. The molecule has 1 amide bonds. The number of nitrogens with zero attached hydrogens (tertiary/aromatic N) is 2. The van der Waals surface area contributed by atoms with Gasteiger partial charge in [0.2, 0.25) is 5.28 Å². The first-order chi connectivity index (χ1) is 15.7. The third-order valence-electron chi connectivity index (χ3n) is 4.16. The van der Waals surface area contributed by atoms with E-state index in [0.29, 0.717) is 16.3 Å². The third kappa shape index (κ3) is 5.56. The van der Waals surface area contributed by atoms with Crippen LogP contribution in [0.15, 0.2) is 35.7 Å². The van der Waals surface area contributed by atoms with Crippen LogP contribution in [-0.4, -0.2) is 39.8 Å². The molecular formula is C19H14ClF2N5O5S. The molecule has 1 aliphatic heterocycles. The summed E-state index contributed by atoms with van der Waals surface area (Å²) in [6.45, 7) is -0.174. The average Bonchev–Trinajstić information content (AvgIpc) is 3.32. The number of carboxylic acids is 1. The summed E-state index contributed by atoms with van der Waals surface area (Å²) in [4.78, 5) is 31.7. The molecule has 0 saturated carbocycles. The number of amides is 1. The lowest BCUT2D eigenvalue weighted by Gasteiger charge is -2.10. The molecule has 3 aromatic rings. The molecule has 4 N–H and O–H groups in total. The molecule has 33 heavy (non-hydrogen) atoms. The largest absolute Gasteiger partial charge is 0.586 e. The second-order valence-electron chi connectivity index (χ2n) is 6.56. The van der Waals surface area contributed by atoms with Crippen LogP contribution in [0.5, 0.6) is 11.5 Å². The van der Waals surface area contributed by atoms with E-state index in [1.165, 1.54) is 35.6 Å². The van der Waals surface area contributed by atoms with Crippen LogP contribution in [0.1, 0.15) is 15.4 Å². The number of fused-ring (bicyclic) bond motifs is 1. The van der Waals surface area contributed by atoms with Crippen molar-refractivity contribution in [1.82, 2.24) is 9.97 Å². The lowest BCUT2D eigenvalue weighted by molar-refractivity contribution is -0.286. The van der Waals surface area contributed by atoms with E-state index >= 15 is 0 Å². The Balaban J connectivity index is 1.42. The quantitative estimate of drug-likeness (QED) is 0.342. The van der Waals surface area contributed by atoms with E-state index in [2.05, 4.69) is 35.4 Å². The Labute approximate surface area is 193 Å². The zero-order chi connectivity index (χ0) is 23.6. The minimum Gasteiger partial charge on any atom is -0.480 e. The van der Waals surface area contributed by atoms with Crippen molar-refractivity contribution in [3.05, 3.63) is 51.6 Å². The fraction of sp³-hybridized carbons (Fsp3) is 0.158. The maximum absolute atomic E-state index is 13.2. The summed E-state index contributed by atoms with van der Waals surface area (Å²) in [5.41, 5.74) is 1.20. The zero-order valence-corrected chi connectivity index (χ0v) is 18.0. The van der Waals surface area contributed by atoms with Crippen LogP contribution in [-0.2, 0) is 11.3 Å². The van der Waals surface area contributed by atoms with Crippen molar-refractivity contribution in [2.45, 2.75) is 12.8 Å². The summed E-state index contributed by atoms with van der Waals surface area (Å²) in [6, 6.07) is 7.14. The van der Waals surface area contributed by atoms with Crippen LogP contribution in [0, 0.1) is 0 Å². The van der Waals surface area contributed by atoms with Gasteiger partial charge in [-0.15, -0.1) is 20.1 Å². The molecule has 0 bridgehead atoms. The number of halogens is 3. The van der Waals surface area contributed by atoms with Crippen LogP contribution < -0.4 is 25.4 Å². The second kappa shape index (κ2) is 9.03. The summed E-state index contributed by atoms with van der Waals surface area (Å²) in [5, 5.41) is 18.7. The first-order valence-electron chi connectivity index (χ1n) is 9.20. The van der Waals surface area contributed by atoms with Crippen molar-refractivity contribution in [2.24, 2.45) is 0 Å². The normalized spacial score (nSPS) is 13.4. The number of rotatable bonds is 8. The Morgan fingerprint density at radius 2 is 1.91 bits per heavy atom. The van der Waals surface area contributed by atoms with E-state index < -0.39 is 18.2 Å². The maximum Gasteiger partial charge on any atom is 0.586 e. The minimum absolute atomic E-state index is 0.0705. The van der Waals surface area contributed by atoms with Gasteiger partial charge in [0, 0.05) is 17.8 Å². The second-order valence-corrected chi connectivity index (χ2v) is 7.82. The summed E-state index contributed by atoms with van der Waals surface area (Å²) in [6.07, 6.45) is -3.75. The Bertz CT molecular complexity index is 1230. The van der Waals surface area contributed by atoms with Gasteiger partial charge in [-0.25, -0.2) is 9.97 Å². The predicted octanol–water partition coefficient (Wildman–Crippen LogP) is 3.87. The van der Waals surface area contributed by atoms with E-state index in [9.17, 15) is 18.4 Å². The molecule has 172 valence electrons. The Morgan fingerprint density at radius 3 is 2.70 bits per heavy atom. The summed E-state index contributed by atoms with van der Waals surface area (Å²) in [5.74, 6) is -1.60. The lowest BCUT2D eigenvalue weighted by Crippen LogP contribution is -2.25. The van der Waals surface area contributed by atoms with Crippen molar-refractivity contribution in [1.29, 1.82) is 0 Å². The Hall–Kier alpha value is -3.71. The van der Waals surface area contributed by atoms with Crippen LogP contribution >= 0.6 is 22.9 Å². The standard InChI is InChI=1S/C19H14ClF2N5O5S/c20-18-26-10(6-14(27-18)24-8-15(28)29)7-23-11-3-4-33-16(11)17(30)25-9-1-2-12-13(5-9)32-19(21,22)31-12/h1-6,23H,7-8H2,(H,25,30)(H,28,29)(H,24,26,27). The molecule has 0 fully saturated rings. The maximum atomic E-state index is 13.2. The van der Waals surface area contributed by atoms with Crippen molar-refractivity contribution in [3.63, 3.8) is 0 Å². The number of carbonyl (C=O) groups excluding carboxylic acids is 1. The van der Waals surface area contributed by atoms with Crippen molar-refractivity contribution >= 4 is 52.0 Å². The molecule has 0 radical (unpaired) electrons. The number of hydrogen-bond donors (Lipinski definition) is 4. The minimum atomic E-state index is -3.75. The molecule has 3 heterocycles. The Kier molecular flexibility index (Phi) is 6.16. The molecule has 14 heteroatoms. The number of hydrogen-bond acceptors (Lipinski definition) is 9. The molecule has 1 aliphatic rings. The summed E-state index contributed by atoms with van der Waals surface area (Å²) >= 11 is 7.06. The van der Waals surface area contributed by atoms with Crippen LogP contribution in [0.25, 0.3) is 0 Å². The van der Waals surface area contributed by atoms with Gasteiger partial charge in [-0.3, -0.25) is 9.59 Å². The van der Waals surface area contributed by atoms with Gasteiger partial charge in [-0.2, -0.15) is 0 Å². The smallest absolute Gasteiger partial charge is 0.480 e. The zero-order valence-electron chi connectivity index (χ0n) is 16.4. The van der Waals surface area contributed by atoms with Gasteiger partial charge in [0.05, 0.1) is 17.9 Å². The highest BCUT2D eigenvalue weighted by Gasteiger charge is 2.43. The highest BCUT2D eigenvalue weighted by Crippen LogP contribution is 2.42. The molecule has 1 aromatic carbocycles. The molecular weight excluding hydrogens is 484 g/mol. The molecule has 2 aromatic heterocycles. The van der Waals surface area contributed by atoms with Crippen LogP contribution in [0.2, 0.25) is 5.28 Å². The third-order valence-corrected chi connectivity index (χ3v) is 5.25. The van der Waals surface area contributed by atoms with Gasteiger partial charge in [0.1, 0.15) is 17.2 Å². The SMILES string of the molecule is O=C(O)CNc1cc(CNc2ccsc2C(=O)Nc2ccc3c(c2)OC(F)(F)O3)nc(Cl)n1. The number of carbonyl (C=O) groups is 2. The molecule has 0 unspecified atom stereocenters. The van der Waals surface area contributed by atoms with Crippen molar-refractivity contribution in [3.8, 4) is 11.5 Å². The van der Waals surface area contributed by atoms with Gasteiger partial charge in [0.25, 0.3) is 5.91 Å². The van der Waals surface area contributed by atoms with E-state index in [1.54, 1.807) is 11.4 Å². The number of nitrogens with one attached hydrogen (secondary N) is 3. The molecule has 10 nitrogen and oxygen atoms in total. The van der Waals surface area contributed by atoms with Gasteiger partial charge in [-0.05, 0) is 35.2 Å². The van der Waals surface area contributed by atoms with E-state index in [-0.39, 0.29) is 41.4 Å². The molecule has 0 aliphatic carbocycles. The Morgan fingerprint density at radius 1 is 1.12 bits per heavy atom. The predicted molar refractivity (Wildman–Crippen MR) is 115 cm³/mol. The molecule has 0 spiro atoms. The average molecular weight is 498 g/mol. The van der Waals surface area contributed by atoms with Gasteiger partial charge < -0.3 is 30.5 Å². The lowest BCUT2D eigenvalue weighted by atomic mass is 10.2. The highest BCUT2D eigenvalue weighted by molar-refractivity contribution is 7.12. The number of aromatic nitrogens is 2. The number of thiophene rings is 1. The first-order valence-corrected chi connectivity index (χ1v) is 10.5. The molecule has 4 rings (SSSR count). The van der Waals surface area contributed by atoms with Gasteiger partial charge >= 0.3 is 12.3 Å². The number of aliphatic carboxylic acids is 1. The topological polar surface area (TPSA) is 135 Å². The number of ether oxygens (including phenoxy) is 2. The van der Waals surface area contributed by atoms with Crippen molar-refractivity contribution < 1.29 is 33.0 Å².